The summed E-state index contributed by atoms with van der Waals surface area (Å²) < 4.78 is 5.59. The second kappa shape index (κ2) is 5.75. The first-order chi connectivity index (χ1) is 9.13. The van der Waals surface area contributed by atoms with Gasteiger partial charge in [0, 0.05) is 17.0 Å². The van der Waals surface area contributed by atoms with Crippen molar-refractivity contribution in [3.05, 3.63) is 63.9 Å². The summed E-state index contributed by atoms with van der Waals surface area (Å²) in [6.45, 7) is 2.47. The highest BCUT2D eigenvalue weighted by Gasteiger charge is 2.23. The fourth-order valence-corrected chi connectivity index (χ4v) is 2.32. The van der Waals surface area contributed by atoms with Crippen molar-refractivity contribution in [2.45, 2.75) is 12.8 Å². The van der Waals surface area contributed by atoms with Gasteiger partial charge in [-0.25, -0.2) is 0 Å². The predicted molar refractivity (Wildman–Crippen MR) is 77.3 cm³/mol. The highest BCUT2D eigenvalue weighted by atomic mass is 32.1. The Labute approximate surface area is 116 Å². The molecule has 1 aromatic rings. The zero-order chi connectivity index (χ0) is 13.8. The number of nitrogens with zero attached hydrogens (tertiary/aromatic N) is 1. The molecule has 0 saturated carbocycles. The first-order valence-electron chi connectivity index (χ1n) is 5.92. The van der Waals surface area contributed by atoms with Gasteiger partial charge in [0.2, 0.25) is 0 Å². The van der Waals surface area contributed by atoms with Crippen molar-refractivity contribution in [1.29, 1.82) is 0 Å². The van der Waals surface area contributed by atoms with Crippen LogP contribution in [0.4, 0.5) is 5.69 Å². The van der Waals surface area contributed by atoms with Gasteiger partial charge in [-0.2, -0.15) is 0 Å². The van der Waals surface area contributed by atoms with Crippen molar-refractivity contribution in [3.8, 4) is 0 Å². The standard InChI is InChI=1S/C14H13NO3S/c1-2-18-12-4-3-5-13(19)14(12)10-6-8-11(9-7-10)15(16)17/h3-9,14H,2H2,1H3. The molecule has 0 fully saturated rings. The fraction of sp³-hybridized carbons (Fsp3) is 0.214. The number of hydrogen-bond acceptors (Lipinski definition) is 4. The molecule has 0 aromatic heterocycles. The summed E-state index contributed by atoms with van der Waals surface area (Å²) in [7, 11) is 0. The van der Waals surface area contributed by atoms with Crippen LogP contribution in [0.5, 0.6) is 0 Å². The van der Waals surface area contributed by atoms with E-state index in [1.165, 1.54) is 12.1 Å². The zero-order valence-electron chi connectivity index (χ0n) is 10.4. The fourth-order valence-electron chi connectivity index (χ4n) is 1.99. The van der Waals surface area contributed by atoms with Crippen LogP contribution in [-0.4, -0.2) is 16.4 Å². The lowest BCUT2D eigenvalue weighted by atomic mass is 9.90. The van der Waals surface area contributed by atoms with Crippen LogP contribution < -0.4 is 0 Å². The number of ether oxygens (including phenoxy) is 1. The Balaban J connectivity index is 2.33. The number of rotatable bonds is 4. The maximum absolute atomic E-state index is 10.7. The predicted octanol–water partition coefficient (Wildman–Crippen LogP) is 3.54. The van der Waals surface area contributed by atoms with Gasteiger partial charge in [-0.1, -0.05) is 30.4 Å². The number of allylic oxidation sites excluding steroid dienone is 4. The van der Waals surface area contributed by atoms with Crippen LogP contribution in [0, 0.1) is 10.1 Å². The Kier molecular flexibility index (Phi) is 4.06. The van der Waals surface area contributed by atoms with Gasteiger partial charge in [0.1, 0.15) is 5.76 Å². The molecule has 0 bridgehead atoms. The number of benzene rings is 1. The summed E-state index contributed by atoms with van der Waals surface area (Å²) in [6, 6.07) is 6.42. The Morgan fingerprint density at radius 3 is 2.63 bits per heavy atom. The molecule has 4 nitrogen and oxygen atoms in total. The summed E-state index contributed by atoms with van der Waals surface area (Å²) in [5.41, 5.74) is 0.975. The molecular formula is C14H13NO3S. The van der Waals surface area contributed by atoms with Crippen LogP contribution in [0.15, 0.2) is 48.3 Å². The molecule has 0 saturated heterocycles. The first kappa shape index (κ1) is 13.4. The minimum absolute atomic E-state index is 0.0722. The highest BCUT2D eigenvalue weighted by molar-refractivity contribution is 7.80. The van der Waals surface area contributed by atoms with E-state index >= 15 is 0 Å². The largest absolute Gasteiger partial charge is 0.497 e. The third kappa shape index (κ3) is 2.88. The number of thiocarbonyl (C=S) groups is 1. The van der Waals surface area contributed by atoms with Crippen LogP contribution in [-0.2, 0) is 4.74 Å². The molecule has 0 aliphatic heterocycles. The third-order valence-corrected chi connectivity index (χ3v) is 3.21. The van der Waals surface area contributed by atoms with Gasteiger partial charge in [-0.15, -0.1) is 0 Å². The number of non-ortho nitro benzene ring substituents is 1. The molecule has 19 heavy (non-hydrogen) atoms. The molecule has 0 amide bonds. The van der Waals surface area contributed by atoms with Crippen molar-refractivity contribution in [3.63, 3.8) is 0 Å². The lowest BCUT2D eigenvalue weighted by Gasteiger charge is -2.22. The van der Waals surface area contributed by atoms with Gasteiger partial charge in [0.05, 0.1) is 17.4 Å². The number of hydrogen-bond donors (Lipinski definition) is 0. The molecule has 0 heterocycles. The van der Waals surface area contributed by atoms with Crippen molar-refractivity contribution in [2.75, 3.05) is 6.61 Å². The third-order valence-electron chi connectivity index (χ3n) is 2.84. The zero-order valence-corrected chi connectivity index (χ0v) is 11.2. The average Bonchev–Trinajstić information content (AvgIpc) is 2.39. The number of nitro benzene ring substituents is 1. The van der Waals surface area contributed by atoms with Crippen molar-refractivity contribution in [2.24, 2.45) is 0 Å². The molecule has 98 valence electrons. The van der Waals surface area contributed by atoms with E-state index in [2.05, 4.69) is 0 Å². The Morgan fingerprint density at radius 1 is 1.37 bits per heavy atom. The molecule has 0 radical (unpaired) electrons. The van der Waals surface area contributed by atoms with Crippen LogP contribution in [0.25, 0.3) is 0 Å². The van der Waals surface area contributed by atoms with Gasteiger partial charge in [-0.05, 0) is 24.6 Å². The lowest BCUT2D eigenvalue weighted by molar-refractivity contribution is -0.384. The first-order valence-corrected chi connectivity index (χ1v) is 6.33. The molecule has 5 heteroatoms. The molecule has 1 atom stereocenters. The van der Waals surface area contributed by atoms with E-state index in [1.807, 2.05) is 25.2 Å². The summed E-state index contributed by atoms with van der Waals surface area (Å²) in [5, 5.41) is 10.7. The molecular weight excluding hydrogens is 262 g/mol. The Bertz CT molecular complexity index is 561. The van der Waals surface area contributed by atoms with Crippen molar-refractivity contribution >= 4 is 22.8 Å². The van der Waals surface area contributed by atoms with Crippen molar-refractivity contribution in [1.82, 2.24) is 0 Å². The van der Waals surface area contributed by atoms with Crippen LogP contribution in [0.2, 0.25) is 0 Å². The van der Waals surface area contributed by atoms with E-state index in [9.17, 15) is 10.1 Å². The Morgan fingerprint density at radius 2 is 2.05 bits per heavy atom. The summed E-state index contributed by atoms with van der Waals surface area (Å²) in [5.74, 6) is 0.643. The minimum Gasteiger partial charge on any atom is -0.497 e. The van der Waals surface area contributed by atoms with Gasteiger partial charge in [-0.3, -0.25) is 10.1 Å². The van der Waals surface area contributed by atoms with E-state index in [4.69, 9.17) is 17.0 Å². The van der Waals surface area contributed by atoms with Gasteiger partial charge >= 0.3 is 0 Å². The summed E-state index contributed by atoms with van der Waals surface area (Å²) in [6.07, 6.45) is 5.59. The smallest absolute Gasteiger partial charge is 0.269 e. The average molecular weight is 275 g/mol. The topological polar surface area (TPSA) is 52.4 Å². The van der Waals surface area contributed by atoms with E-state index in [0.717, 1.165) is 16.2 Å². The summed E-state index contributed by atoms with van der Waals surface area (Å²) in [4.78, 5) is 11.0. The molecule has 1 aliphatic carbocycles. The highest BCUT2D eigenvalue weighted by Crippen LogP contribution is 2.31. The maximum Gasteiger partial charge on any atom is 0.269 e. The Hall–Kier alpha value is -2.01. The maximum atomic E-state index is 10.7. The van der Waals surface area contributed by atoms with Gasteiger partial charge < -0.3 is 4.74 Å². The van der Waals surface area contributed by atoms with E-state index in [0.29, 0.717) is 6.61 Å². The molecule has 1 aromatic carbocycles. The normalized spacial score (nSPS) is 18.1. The van der Waals surface area contributed by atoms with Crippen LogP contribution >= 0.6 is 12.2 Å². The van der Waals surface area contributed by atoms with Crippen LogP contribution in [0.3, 0.4) is 0 Å². The monoisotopic (exact) mass is 275 g/mol. The minimum atomic E-state index is -0.415. The lowest BCUT2D eigenvalue weighted by Crippen LogP contribution is -2.16. The van der Waals surface area contributed by atoms with E-state index < -0.39 is 4.92 Å². The van der Waals surface area contributed by atoms with Crippen LogP contribution in [0.1, 0.15) is 18.4 Å². The summed E-state index contributed by atoms with van der Waals surface area (Å²) >= 11 is 5.34. The molecule has 1 aliphatic rings. The SMILES string of the molecule is CCOC1=CC=CC(=S)C1c1ccc([N+](=O)[O-])cc1. The molecule has 1 unspecified atom stereocenters. The van der Waals surface area contributed by atoms with Crippen molar-refractivity contribution < 1.29 is 9.66 Å². The number of nitro groups is 1. The molecule has 0 spiro atoms. The molecule has 2 rings (SSSR count). The second-order valence-electron chi connectivity index (χ2n) is 4.05. The quantitative estimate of drug-likeness (QED) is 0.479. The van der Waals surface area contributed by atoms with E-state index in [1.54, 1.807) is 12.1 Å². The van der Waals surface area contributed by atoms with E-state index in [-0.39, 0.29) is 11.6 Å². The molecule has 0 N–H and O–H groups in total. The van der Waals surface area contributed by atoms with Gasteiger partial charge in [0.25, 0.3) is 5.69 Å². The second-order valence-corrected chi connectivity index (χ2v) is 4.52. The van der Waals surface area contributed by atoms with Gasteiger partial charge in [0.15, 0.2) is 0 Å².